The van der Waals surface area contributed by atoms with Crippen LogP contribution in [0.15, 0.2) is 0 Å². The third-order valence-electron chi connectivity index (χ3n) is 12.1. The molecule has 0 aliphatic heterocycles. The van der Waals surface area contributed by atoms with Gasteiger partial charge < -0.3 is 14.2 Å². The van der Waals surface area contributed by atoms with E-state index in [4.69, 9.17) is 14.2 Å². The molecule has 1 unspecified atom stereocenters. The van der Waals surface area contributed by atoms with Crippen molar-refractivity contribution in [1.82, 2.24) is 0 Å². The highest BCUT2D eigenvalue weighted by Gasteiger charge is 2.19. The molecule has 0 rings (SSSR count). The van der Waals surface area contributed by atoms with E-state index in [1.165, 1.54) is 173 Å². The third-order valence-corrected chi connectivity index (χ3v) is 12.1. The van der Waals surface area contributed by atoms with Crippen molar-refractivity contribution in [1.29, 1.82) is 0 Å². The van der Waals surface area contributed by atoms with Gasteiger partial charge in [0.05, 0.1) is 0 Å². The fourth-order valence-electron chi connectivity index (χ4n) is 7.78. The molecule has 0 aromatic heterocycles. The molecule has 0 saturated heterocycles. The Bertz CT molecular complexity index is 887. The SMILES string of the molecule is CCCCCCCCCCCC(=O)OC[C@@H](COC(=O)CCCCCCCCCCCCCCCCCCCCC(C)CC)OC(=O)CCCCCCCCC(C)C. The minimum Gasteiger partial charge on any atom is -0.462 e. The number of rotatable bonds is 46. The van der Waals surface area contributed by atoms with Gasteiger partial charge in [-0.2, -0.15) is 0 Å². The molecule has 0 N–H and O–H groups in total. The molecular weight excluding hydrogens is 721 g/mol. The van der Waals surface area contributed by atoms with Crippen molar-refractivity contribution in [2.75, 3.05) is 13.2 Å². The molecule has 344 valence electrons. The van der Waals surface area contributed by atoms with Crippen LogP contribution in [0, 0.1) is 11.8 Å². The summed E-state index contributed by atoms with van der Waals surface area (Å²) in [5.74, 6) is 0.811. The lowest BCUT2D eigenvalue weighted by molar-refractivity contribution is -0.167. The molecule has 0 fully saturated rings. The summed E-state index contributed by atoms with van der Waals surface area (Å²) in [6, 6.07) is 0. The maximum Gasteiger partial charge on any atom is 0.306 e. The molecule has 0 aromatic carbocycles. The quantitative estimate of drug-likeness (QED) is 0.0346. The highest BCUT2D eigenvalue weighted by molar-refractivity contribution is 5.71. The Kier molecular flexibility index (Phi) is 43.7. The van der Waals surface area contributed by atoms with E-state index in [1.54, 1.807) is 0 Å². The predicted molar refractivity (Wildman–Crippen MR) is 247 cm³/mol. The molecular formula is C52H100O6. The summed E-state index contributed by atoms with van der Waals surface area (Å²) in [5, 5.41) is 0. The first-order valence-electron chi connectivity index (χ1n) is 25.8. The van der Waals surface area contributed by atoms with Gasteiger partial charge in [0, 0.05) is 19.3 Å². The fourth-order valence-corrected chi connectivity index (χ4v) is 7.78. The summed E-state index contributed by atoms with van der Waals surface area (Å²) in [4.78, 5) is 37.7. The van der Waals surface area contributed by atoms with Crippen LogP contribution in [0.2, 0.25) is 0 Å². The van der Waals surface area contributed by atoms with Crippen LogP contribution in [0.3, 0.4) is 0 Å². The molecule has 2 atom stereocenters. The van der Waals surface area contributed by atoms with Gasteiger partial charge in [-0.3, -0.25) is 14.4 Å². The molecule has 0 saturated carbocycles. The Morgan fingerprint density at radius 1 is 0.362 bits per heavy atom. The highest BCUT2D eigenvalue weighted by atomic mass is 16.6. The molecule has 0 aliphatic carbocycles. The van der Waals surface area contributed by atoms with Crippen molar-refractivity contribution in [2.45, 2.75) is 291 Å². The largest absolute Gasteiger partial charge is 0.462 e. The van der Waals surface area contributed by atoms with Crippen molar-refractivity contribution in [3.63, 3.8) is 0 Å². The number of carbonyl (C=O) groups excluding carboxylic acids is 3. The lowest BCUT2D eigenvalue weighted by Gasteiger charge is -2.18. The standard InChI is InChI=1S/C52H100O6/c1-6-8-9-10-11-22-26-32-37-42-50(53)56-45-49(58-52(55)44-39-34-29-28-30-35-40-47(3)4)46-57-51(54)43-38-33-27-24-21-19-17-15-13-12-14-16-18-20-23-25-31-36-41-48(5)7-2/h47-49H,6-46H2,1-5H3/t48?,49-/m0/s1. The molecule has 0 aliphatic rings. The van der Waals surface area contributed by atoms with Gasteiger partial charge in [-0.15, -0.1) is 0 Å². The molecule has 0 bridgehead atoms. The maximum absolute atomic E-state index is 12.7. The number of esters is 3. The Morgan fingerprint density at radius 3 is 0.983 bits per heavy atom. The number of hydrogen-bond donors (Lipinski definition) is 0. The molecule has 6 nitrogen and oxygen atoms in total. The summed E-state index contributed by atoms with van der Waals surface area (Å²) in [6.07, 6.45) is 45.4. The molecule has 0 amide bonds. The molecule has 0 heterocycles. The first kappa shape index (κ1) is 56.4. The zero-order valence-electron chi connectivity index (χ0n) is 39.7. The summed E-state index contributed by atoms with van der Waals surface area (Å²) in [7, 11) is 0. The van der Waals surface area contributed by atoms with Gasteiger partial charge in [0.1, 0.15) is 13.2 Å². The summed E-state index contributed by atoms with van der Waals surface area (Å²) in [6.45, 7) is 11.3. The monoisotopic (exact) mass is 821 g/mol. The normalized spacial score (nSPS) is 12.5. The zero-order valence-corrected chi connectivity index (χ0v) is 39.7. The minimum absolute atomic E-state index is 0.0650. The van der Waals surface area contributed by atoms with Crippen LogP contribution in [-0.4, -0.2) is 37.2 Å². The Balaban J connectivity index is 4.11. The van der Waals surface area contributed by atoms with Crippen molar-refractivity contribution in [3.05, 3.63) is 0 Å². The Morgan fingerprint density at radius 2 is 0.655 bits per heavy atom. The van der Waals surface area contributed by atoms with Crippen LogP contribution in [0.25, 0.3) is 0 Å². The summed E-state index contributed by atoms with van der Waals surface area (Å²) in [5.41, 5.74) is 0. The summed E-state index contributed by atoms with van der Waals surface area (Å²) < 4.78 is 16.7. The van der Waals surface area contributed by atoms with Gasteiger partial charge >= 0.3 is 17.9 Å². The topological polar surface area (TPSA) is 78.9 Å². The smallest absolute Gasteiger partial charge is 0.306 e. The van der Waals surface area contributed by atoms with Gasteiger partial charge in [-0.1, -0.05) is 247 Å². The average Bonchev–Trinajstić information content (AvgIpc) is 3.21. The van der Waals surface area contributed by atoms with E-state index in [-0.39, 0.29) is 31.1 Å². The van der Waals surface area contributed by atoms with Crippen molar-refractivity contribution in [3.8, 4) is 0 Å². The molecule has 0 radical (unpaired) electrons. The average molecular weight is 821 g/mol. The third kappa shape index (κ3) is 44.0. The molecule has 0 spiro atoms. The first-order chi connectivity index (χ1) is 28.3. The predicted octanol–water partition coefficient (Wildman–Crippen LogP) is 16.5. The van der Waals surface area contributed by atoms with Crippen molar-refractivity contribution < 1.29 is 28.6 Å². The first-order valence-corrected chi connectivity index (χ1v) is 25.8. The second kappa shape index (κ2) is 44.9. The second-order valence-corrected chi connectivity index (χ2v) is 18.5. The fraction of sp³-hybridized carbons (Fsp3) is 0.942. The van der Waals surface area contributed by atoms with E-state index < -0.39 is 6.10 Å². The van der Waals surface area contributed by atoms with Crippen LogP contribution in [0.1, 0.15) is 285 Å². The molecule has 0 aromatic rings. The van der Waals surface area contributed by atoms with Crippen LogP contribution in [0.4, 0.5) is 0 Å². The van der Waals surface area contributed by atoms with E-state index in [9.17, 15) is 14.4 Å². The van der Waals surface area contributed by atoms with Gasteiger partial charge in [-0.05, 0) is 31.1 Å². The maximum atomic E-state index is 12.7. The van der Waals surface area contributed by atoms with Crippen molar-refractivity contribution in [2.24, 2.45) is 11.8 Å². The second-order valence-electron chi connectivity index (χ2n) is 18.5. The van der Waals surface area contributed by atoms with Gasteiger partial charge in [-0.25, -0.2) is 0 Å². The van der Waals surface area contributed by atoms with Gasteiger partial charge in [0.25, 0.3) is 0 Å². The van der Waals surface area contributed by atoms with Gasteiger partial charge in [0.15, 0.2) is 6.10 Å². The minimum atomic E-state index is -0.761. The van der Waals surface area contributed by atoms with E-state index in [1.807, 2.05) is 0 Å². The molecule has 6 heteroatoms. The van der Waals surface area contributed by atoms with E-state index in [0.717, 1.165) is 69.6 Å². The zero-order chi connectivity index (χ0) is 42.6. The Labute approximate surface area is 361 Å². The number of carbonyl (C=O) groups is 3. The summed E-state index contributed by atoms with van der Waals surface area (Å²) >= 11 is 0. The van der Waals surface area contributed by atoms with Crippen molar-refractivity contribution >= 4 is 17.9 Å². The molecule has 58 heavy (non-hydrogen) atoms. The Hall–Kier alpha value is -1.59. The van der Waals surface area contributed by atoms with Crippen LogP contribution in [0.5, 0.6) is 0 Å². The van der Waals surface area contributed by atoms with Gasteiger partial charge in [0.2, 0.25) is 0 Å². The van der Waals surface area contributed by atoms with E-state index >= 15 is 0 Å². The lowest BCUT2D eigenvalue weighted by atomic mass is 9.99. The van der Waals surface area contributed by atoms with Crippen LogP contribution < -0.4 is 0 Å². The lowest BCUT2D eigenvalue weighted by Crippen LogP contribution is -2.30. The van der Waals surface area contributed by atoms with Crippen LogP contribution in [-0.2, 0) is 28.6 Å². The number of unbranched alkanes of at least 4 members (excludes halogenated alkanes) is 30. The number of hydrogen-bond acceptors (Lipinski definition) is 6. The van der Waals surface area contributed by atoms with E-state index in [2.05, 4.69) is 34.6 Å². The van der Waals surface area contributed by atoms with Crippen LogP contribution >= 0.6 is 0 Å². The highest BCUT2D eigenvalue weighted by Crippen LogP contribution is 2.18. The number of ether oxygens (including phenoxy) is 3. The van der Waals surface area contributed by atoms with E-state index in [0.29, 0.717) is 19.3 Å².